The van der Waals surface area contributed by atoms with E-state index in [0.29, 0.717) is 26.2 Å². The van der Waals surface area contributed by atoms with Crippen molar-refractivity contribution < 1.29 is 19.6 Å². The van der Waals surface area contributed by atoms with Gasteiger partial charge in [-0.3, -0.25) is 19.8 Å². The van der Waals surface area contributed by atoms with E-state index in [1.54, 1.807) is 18.2 Å². The number of aromatic hydroxyl groups is 1. The van der Waals surface area contributed by atoms with Crippen molar-refractivity contribution in [2.24, 2.45) is 0 Å². The van der Waals surface area contributed by atoms with Gasteiger partial charge in [-0.05, 0) is 35.9 Å². The summed E-state index contributed by atoms with van der Waals surface area (Å²) in [6, 6.07) is 10.4. The number of thioether (sulfide) groups is 1. The highest BCUT2D eigenvalue weighted by atomic mass is 32.2. The first-order valence-corrected chi connectivity index (χ1v) is 8.52. The molecule has 2 aromatic carbocycles. The number of anilines is 1. The minimum atomic E-state index is -0.510. The Morgan fingerprint density at radius 2 is 1.96 bits per heavy atom. The van der Waals surface area contributed by atoms with Gasteiger partial charge in [0.1, 0.15) is 0 Å². The lowest BCUT2D eigenvalue weighted by Gasteiger charge is -2.13. The quantitative estimate of drug-likeness (QED) is 0.369. The van der Waals surface area contributed by atoms with Crippen molar-refractivity contribution in [1.82, 2.24) is 0 Å². The number of non-ortho nitro benzene ring substituents is 1. The van der Waals surface area contributed by atoms with Crippen LogP contribution in [0.4, 0.5) is 11.4 Å². The minimum Gasteiger partial charge on any atom is -0.504 e. The van der Waals surface area contributed by atoms with Crippen molar-refractivity contribution in [3.63, 3.8) is 0 Å². The molecule has 9 heteroatoms. The van der Waals surface area contributed by atoms with Crippen molar-refractivity contribution in [2.45, 2.75) is 0 Å². The molecule has 1 saturated heterocycles. The molecule has 0 aromatic heterocycles. The van der Waals surface area contributed by atoms with Gasteiger partial charge in [0.05, 0.1) is 22.6 Å². The Bertz CT molecular complexity index is 941. The van der Waals surface area contributed by atoms with Gasteiger partial charge in [-0.1, -0.05) is 30.0 Å². The normalized spacial score (nSPS) is 15.6. The number of hydrogen-bond acceptors (Lipinski definition) is 7. The van der Waals surface area contributed by atoms with Crippen LogP contribution in [0.1, 0.15) is 5.56 Å². The summed E-state index contributed by atoms with van der Waals surface area (Å²) >= 11 is 6.39. The topological polar surface area (TPSA) is 92.9 Å². The molecule has 0 radical (unpaired) electrons. The molecule has 0 atom stereocenters. The van der Waals surface area contributed by atoms with Crippen molar-refractivity contribution in [3.05, 3.63) is 63.0 Å². The minimum absolute atomic E-state index is 0.0351. The van der Waals surface area contributed by atoms with Gasteiger partial charge in [-0.25, -0.2) is 0 Å². The van der Waals surface area contributed by atoms with Gasteiger partial charge in [0.2, 0.25) is 0 Å². The van der Waals surface area contributed by atoms with E-state index in [2.05, 4.69) is 0 Å². The molecular formula is C17H12N2O5S2. The fourth-order valence-electron chi connectivity index (χ4n) is 2.36. The number of hydrogen-bond donors (Lipinski definition) is 1. The largest absolute Gasteiger partial charge is 0.504 e. The molecule has 1 amide bonds. The highest BCUT2D eigenvalue weighted by molar-refractivity contribution is 8.27. The Morgan fingerprint density at radius 1 is 1.27 bits per heavy atom. The molecule has 1 aliphatic rings. The van der Waals surface area contributed by atoms with Crippen LogP contribution >= 0.6 is 24.0 Å². The second-order valence-corrected chi connectivity index (χ2v) is 6.90. The number of nitro benzene ring substituents is 1. The lowest BCUT2D eigenvalue weighted by Crippen LogP contribution is -2.27. The van der Waals surface area contributed by atoms with Gasteiger partial charge in [-0.15, -0.1) is 0 Å². The first-order chi connectivity index (χ1) is 12.4. The molecule has 0 spiro atoms. The number of thiocarbonyl (C=S) groups is 1. The zero-order valence-corrected chi connectivity index (χ0v) is 15.0. The number of phenolic OH excluding ortho intramolecular Hbond substituents is 1. The number of methoxy groups -OCH3 is 1. The zero-order valence-electron chi connectivity index (χ0n) is 13.4. The summed E-state index contributed by atoms with van der Waals surface area (Å²) in [4.78, 5) is 24.6. The maximum atomic E-state index is 12.7. The Kier molecular flexibility index (Phi) is 4.92. The maximum absolute atomic E-state index is 12.7. The second-order valence-electron chi connectivity index (χ2n) is 5.22. The van der Waals surface area contributed by atoms with E-state index in [4.69, 9.17) is 17.0 Å². The summed E-state index contributed by atoms with van der Waals surface area (Å²) in [5.74, 6) is -0.0307. The number of rotatable bonds is 4. The fraction of sp³-hybridized carbons (Fsp3) is 0.0588. The molecule has 7 nitrogen and oxygen atoms in total. The number of nitro groups is 1. The van der Waals surface area contributed by atoms with Crippen LogP contribution in [0.2, 0.25) is 0 Å². The molecule has 132 valence electrons. The molecule has 3 rings (SSSR count). The monoisotopic (exact) mass is 388 g/mol. The number of nitrogens with zero attached hydrogens (tertiary/aromatic N) is 2. The SMILES string of the molecule is COc1ccc(/C=C2\SC(=S)N(c3ccc([N+](=O)[O-])cc3)C2=O)cc1O. The van der Waals surface area contributed by atoms with E-state index in [9.17, 15) is 20.0 Å². The number of carbonyl (C=O) groups excluding carboxylic acids is 1. The molecule has 0 saturated carbocycles. The van der Waals surface area contributed by atoms with Crippen LogP contribution in [-0.4, -0.2) is 27.4 Å². The Hall–Kier alpha value is -2.91. The van der Waals surface area contributed by atoms with Crippen molar-refractivity contribution >= 4 is 51.7 Å². The number of benzene rings is 2. The van der Waals surface area contributed by atoms with Crippen molar-refractivity contribution in [2.75, 3.05) is 12.0 Å². The molecule has 0 unspecified atom stereocenters. The number of carbonyl (C=O) groups is 1. The third-order valence-electron chi connectivity index (χ3n) is 3.61. The van der Waals surface area contributed by atoms with Gasteiger partial charge < -0.3 is 9.84 Å². The standard InChI is InChI=1S/C17H12N2O5S2/c1-24-14-7-2-10(8-13(14)20)9-15-16(21)18(17(25)26-15)11-3-5-12(6-4-11)19(22)23/h2-9,20H,1H3/b15-9-. The maximum Gasteiger partial charge on any atom is 0.270 e. The summed E-state index contributed by atoms with van der Waals surface area (Å²) in [7, 11) is 1.45. The van der Waals surface area contributed by atoms with Gasteiger partial charge in [0.25, 0.3) is 11.6 Å². The molecule has 0 aliphatic carbocycles. The number of amides is 1. The van der Waals surface area contributed by atoms with Crippen LogP contribution < -0.4 is 9.64 Å². The predicted molar refractivity (Wildman–Crippen MR) is 103 cm³/mol. The lowest BCUT2D eigenvalue weighted by molar-refractivity contribution is -0.384. The van der Waals surface area contributed by atoms with E-state index < -0.39 is 4.92 Å². The summed E-state index contributed by atoms with van der Waals surface area (Å²) in [6.45, 7) is 0. The average molecular weight is 388 g/mol. The number of ether oxygens (including phenoxy) is 1. The highest BCUT2D eigenvalue weighted by Crippen LogP contribution is 2.37. The summed E-state index contributed by atoms with van der Waals surface area (Å²) in [5, 5.41) is 20.6. The van der Waals surface area contributed by atoms with E-state index in [-0.39, 0.29) is 17.3 Å². The van der Waals surface area contributed by atoms with Crippen molar-refractivity contribution in [3.8, 4) is 11.5 Å². The highest BCUT2D eigenvalue weighted by Gasteiger charge is 2.33. The molecule has 2 aromatic rings. The van der Waals surface area contributed by atoms with E-state index >= 15 is 0 Å². The summed E-state index contributed by atoms with van der Waals surface area (Å²) in [6.07, 6.45) is 1.61. The molecule has 1 fully saturated rings. The fourth-order valence-corrected chi connectivity index (χ4v) is 3.66. The van der Waals surface area contributed by atoms with Crippen LogP contribution in [0, 0.1) is 10.1 Å². The number of phenols is 1. The van der Waals surface area contributed by atoms with E-state index in [1.807, 2.05) is 0 Å². The first-order valence-electron chi connectivity index (χ1n) is 7.30. The van der Waals surface area contributed by atoms with Crippen LogP contribution in [0.3, 0.4) is 0 Å². The molecular weight excluding hydrogens is 376 g/mol. The first kappa shape index (κ1) is 17.9. The summed E-state index contributed by atoms with van der Waals surface area (Å²) < 4.78 is 5.32. The van der Waals surface area contributed by atoms with Crippen LogP contribution in [0.15, 0.2) is 47.4 Å². The summed E-state index contributed by atoms with van der Waals surface area (Å²) in [5.41, 5.74) is 1.01. The second kappa shape index (κ2) is 7.14. The van der Waals surface area contributed by atoms with Gasteiger partial charge >= 0.3 is 0 Å². The average Bonchev–Trinajstić information content (AvgIpc) is 2.89. The van der Waals surface area contributed by atoms with Gasteiger partial charge in [0, 0.05) is 12.1 Å². The third-order valence-corrected chi connectivity index (χ3v) is 4.92. The molecule has 1 N–H and O–H groups in total. The van der Waals surface area contributed by atoms with Crippen LogP contribution in [0.5, 0.6) is 11.5 Å². The molecule has 26 heavy (non-hydrogen) atoms. The van der Waals surface area contributed by atoms with Crippen LogP contribution in [0.25, 0.3) is 6.08 Å². The van der Waals surface area contributed by atoms with E-state index in [0.717, 1.165) is 11.8 Å². The van der Waals surface area contributed by atoms with Crippen molar-refractivity contribution in [1.29, 1.82) is 0 Å². The smallest absolute Gasteiger partial charge is 0.270 e. The van der Waals surface area contributed by atoms with Crippen LogP contribution in [-0.2, 0) is 4.79 Å². The molecule has 0 bridgehead atoms. The molecule has 1 aliphatic heterocycles. The Labute approximate surface area is 158 Å². The van der Waals surface area contributed by atoms with Gasteiger partial charge in [0.15, 0.2) is 15.8 Å². The zero-order chi connectivity index (χ0) is 18.8. The van der Waals surface area contributed by atoms with E-state index in [1.165, 1.54) is 42.3 Å². The Balaban J connectivity index is 1.88. The third kappa shape index (κ3) is 3.39. The lowest BCUT2D eigenvalue weighted by atomic mass is 10.2. The predicted octanol–water partition coefficient (Wildman–Crippen LogP) is 3.71. The molecule has 1 heterocycles. The van der Waals surface area contributed by atoms with Gasteiger partial charge in [-0.2, -0.15) is 0 Å². The Morgan fingerprint density at radius 3 is 2.54 bits per heavy atom.